The van der Waals surface area contributed by atoms with E-state index in [0.29, 0.717) is 17.8 Å². The van der Waals surface area contributed by atoms with Gasteiger partial charge in [-0.25, -0.2) is 0 Å². The standard InChI is InChI=1S/C20H22N2O/c1-15-12-22(13-16(2)23-15)14-18-5-9-20(10-6-18)19-7-3-17(11-21)4-8-19/h3-10,15-16H,12-14H2,1-2H3. The second kappa shape index (κ2) is 6.95. The molecule has 2 atom stereocenters. The first-order chi connectivity index (χ1) is 11.1. The highest BCUT2D eigenvalue weighted by molar-refractivity contribution is 5.64. The third-order valence-electron chi connectivity index (χ3n) is 4.20. The Morgan fingerprint density at radius 3 is 2.00 bits per heavy atom. The van der Waals surface area contributed by atoms with Crippen LogP contribution < -0.4 is 0 Å². The zero-order chi connectivity index (χ0) is 16.2. The lowest BCUT2D eigenvalue weighted by Crippen LogP contribution is -2.44. The maximum Gasteiger partial charge on any atom is 0.0991 e. The second-order valence-electron chi connectivity index (χ2n) is 6.34. The van der Waals surface area contributed by atoms with Gasteiger partial charge in [-0.15, -0.1) is 0 Å². The second-order valence-corrected chi connectivity index (χ2v) is 6.34. The highest BCUT2D eigenvalue weighted by Crippen LogP contribution is 2.21. The Morgan fingerprint density at radius 2 is 1.48 bits per heavy atom. The molecule has 1 heterocycles. The van der Waals surface area contributed by atoms with Crippen molar-refractivity contribution in [1.82, 2.24) is 4.90 Å². The summed E-state index contributed by atoms with van der Waals surface area (Å²) in [5, 5.41) is 8.86. The zero-order valence-electron chi connectivity index (χ0n) is 13.7. The molecule has 1 fully saturated rings. The summed E-state index contributed by atoms with van der Waals surface area (Å²) >= 11 is 0. The molecule has 0 bridgehead atoms. The normalized spacial score (nSPS) is 21.8. The van der Waals surface area contributed by atoms with Gasteiger partial charge in [-0.2, -0.15) is 5.26 Å². The van der Waals surface area contributed by atoms with Gasteiger partial charge in [0.1, 0.15) is 0 Å². The van der Waals surface area contributed by atoms with E-state index in [1.807, 2.05) is 24.3 Å². The molecule has 0 aromatic heterocycles. The van der Waals surface area contributed by atoms with Gasteiger partial charge in [0.25, 0.3) is 0 Å². The lowest BCUT2D eigenvalue weighted by Gasteiger charge is -2.35. The van der Waals surface area contributed by atoms with E-state index in [0.717, 1.165) is 25.2 Å². The molecule has 0 N–H and O–H groups in total. The molecule has 1 saturated heterocycles. The maximum absolute atomic E-state index is 8.86. The van der Waals surface area contributed by atoms with Crippen LogP contribution in [0.25, 0.3) is 11.1 Å². The van der Waals surface area contributed by atoms with Gasteiger partial charge in [0.2, 0.25) is 0 Å². The molecule has 0 saturated carbocycles. The average molecular weight is 306 g/mol. The third kappa shape index (κ3) is 3.98. The Balaban J connectivity index is 1.68. The third-order valence-corrected chi connectivity index (χ3v) is 4.20. The molecule has 0 amide bonds. The zero-order valence-corrected chi connectivity index (χ0v) is 13.7. The fourth-order valence-corrected chi connectivity index (χ4v) is 3.21. The minimum absolute atomic E-state index is 0.302. The van der Waals surface area contributed by atoms with E-state index in [2.05, 4.69) is 49.1 Å². The van der Waals surface area contributed by atoms with Crippen LogP contribution in [0.5, 0.6) is 0 Å². The minimum atomic E-state index is 0.302. The monoisotopic (exact) mass is 306 g/mol. The lowest BCUT2D eigenvalue weighted by molar-refractivity contribution is -0.0704. The van der Waals surface area contributed by atoms with Crippen molar-refractivity contribution in [3.63, 3.8) is 0 Å². The molecule has 0 radical (unpaired) electrons. The van der Waals surface area contributed by atoms with Crippen molar-refractivity contribution in [2.24, 2.45) is 0 Å². The number of nitrogens with zero attached hydrogens (tertiary/aromatic N) is 2. The van der Waals surface area contributed by atoms with E-state index >= 15 is 0 Å². The summed E-state index contributed by atoms with van der Waals surface area (Å²) in [4.78, 5) is 2.45. The minimum Gasteiger partial charge on any atom is -0.373 e. The van der Waals surface area contributed by atoms with Crippen LogP contribution in [0.3, 0.4) is 0 Å². The first-order valence-electron chi connectivity index (χ1n) is 8.11. The van der Waals surface area contributed by atoms with Crippen LogP contribution in [0.1, 0.15) is 25.0 Å². The van der Waals surface area contributed by atoms with E-state index < -0.39 is 0 Å². The molecule has 3 nitrogen and oxygen atoms in total. The maximum atomic E-state index is 8.86. The topological polar surface area (TPSA) is 36.3 Å². The quantitative estimate of drug-likeness (QED) is 0.864. The number of morpholine rings is 1. The molecule has 1 aliphatic heterocycles. The van der Waals surface area contributed by atoms with Gasteiger partial charge in [-0.1, -0.05) is 36.4 Å². The lowest BCUT2D eigenvalue weighted by atomic mass is 10.0. The van der Waals surface area contributed by atoms with E-state index in [-0.39, 0.29) is 0 Å². The van der Waals surface area contributed by atoms with Crippen molar-refractivity contribution in [3.05, 3.63) is 59.7 Å². The van der Waals surface area contributed by atoms with Crippen molar-refractivity contribution < 1.29 is 4.74 Å². The van der Waals surface area contributed by atoms with E-state index in [1.165, 1.54) is 11.1 Å². The Hall–Kier alpha value is -2.15. The van der Waals surface area contributed by atoms with Crippen molar-refractivity contribution >= 4 is 0 Å². The van der Waals surface area contributed by atoms with Crippen molar-refractivity contribution in [3.8, 4) is 17.2 Å². The fraction of sp³-hybridized carbons (Fsp3) is 0.350. The van der Waals surface area contributed by atoms with Gasteiger partial charge < -0.3 is 4.74 Å². The van der Waals surface area contributed by atoms with Gasteiger partial charge >= 0.3 is 0 Å². The van der Waals surface area contributed by atoms with Crippen LogP contribution in [-0.2, 0) is 11.3 Å². The summed E-state index contributed by atoms with van der Waals surface area (Å²) in [6.07, 6.45) is 0.605. The molecule has 2 aromatic carbocycles. The number of rotatable bonds is 3. The average Bonchev–Trinajstić information content (AvgIpc) is 2.55. The molecular formula is C20H22N2O. The highest BCUT2D eigenvalue weighted by Gasteiger charge is 2.21. The molecule has 3 heteroatoms. The molecule has 0 spiro atoms. The van der Waals surface area contributed by atoms with Crippen molar-refractivity contribution in [2.75, 3.05) is 13.1 Å². The first-order valence-corrected chi connectivity index (χ1v) is 8.11. The van der Waals surface area contributed by atoms with Crippen molar-refractivity contribution in [2.45, 2.75) is 32.6 Å². The Labute approximate surface area is 138 Å². The summed E-state index contributed by atoms with van der Waals surface area (Å²) in [5.41, 5.74) is 4.34. The van der Waals surface area contributed by atoms with E-state index in [4.69, 9.17) is 10.00 Å². The van der Waals surface area contributed by atoms with Crippen LogP contribution in [-0.4, -0.2) is 30.2 Å². The summed E-state index contributed by atoms with van der Waals surface area (Å²) in [5.74, 6) is 0. The molecule has 23 heavy (non-hydrogen) atoms. The SMILES string of the molecule is CC1CN(Cc2ccc(-c3ccc(C#N)cc3)cc2)CC(C)O1. The van der Waals surface area contributed by atoms with Gasteiger partial charge in [0.15, 0.2) is 0 Å². The smallest absolute Gasteiger partial charge is 0.0991 e. The number of hydrogen-bond donors (Lipinski definition) is 0. The first kappa shape index (κ1) is 15.7. The Kier molecular flexibility index (Phi) is 4.76. The van der Waals surface area contributed by atoms with Crippen LogP contribution in [0.4, 0.5) is 0 Å². The molecule has 1 aliphatic rings. The molecule has 0 aliphatic carbocycles. The number of nitriles is 1. The van der Waals surface area contributed by atoms with Gasteiger partial charge in [0, 0.05) is 19.6 Å². The van der Waals surface area contributed by atoms with Gasteiger partial charge in [-0.3, -0.25) is 4.90 Å². The van der Waals surface area contributed by atoms with E-state index in [9.17, 15) is 0 Å². The largest absolute Gasteiger partial charge is 0.373 e. The van der Waals surface area contributed by atoms with Crippen molar-refractivity contribution in [1.29, 1.82) is 5.26 Å². The van der Waals surface area contributed by atoms with Crippen LogP contribution in [0, 0.1) is 11.3 Å². The van der Waals surface area contributed by atoms with E-state index in [1.54, 1.807) is 0 Å². The summed E-state index contributed by atoms with van der Waals surface area (Å²) < 4.78 is 5.79. The highest BCUT2D eigenvalue weighted by atomic mass is 16.5. The summed E-state index contributed by atoms with van der Waals surface area (Å²) in [6.45, 7) is 7.21. The molecular weight excluding hydrogens is 284 g/mol. The fourth-order valence-electron chi connectivity index (χ4n) is 3.21. The molecule has 3 rings (SSSR count). The molecule has 2 aromatic rings. The van der Waals surface area contributed by atoms with Crippen LogP contribution in [0.15, 0.2) is 48.5 Å². The van der Waals surface area contributed by atoms with Gasteiger partial charge in [0.05, 0.1) is 23.8 Å². The summed E-state index contributed by atoms with van der Waals surface area (Å²) in [7, 11) is 0. The number of benzene rings is 2. The van der Waals surface area contributed by atoms with Gasteiger partial charge in [-0.05, 0) is 42.7 Å². The predicted molar refractivity (Wildman–Crippen MR) is 91.9 cm³/mol. The number of hydrogen-bond acceptors (Lipinski definition) is 3. The summed E-state index contributed by atoms with van der Waals surface area (Å²) in [6, 6.07) is 18.6. The number of ether oxygens (including phenoxy) is 1. The van der Waals surface area contributed by atoms with Crippen LogP contribution in [0.2, 0.25) is 0 Å². The Bertz CT molecular complexity index is 675. The molecule has 2 unspecified atom stereocenters. The predicted octanol–water partition coefficient (Wildman–Crippen LogP) is 3.83. The molecule has 118 valence electrons. The van der Waals surface area contributed by atoms with Crippen LogP contribution >= 0.6 is 0 Å². The Morgan fingerprint density at radius 1 is 0.957 bits per heavy atom.